The number of aromatic nitrogens is 3. The first-order chi connectivity index (χ1) is 9.72. The van der Waals surface area contributed by atoms with Gasteiger partial charge in [0.1, 0.15) is 5.82 Å². The summed E-state index contributed by atoms with van der Waals surface area (Å²) in [7, 11) is 0. The monoisotopic (exact) mass is 339 g/mol. The highest BCUT2D eigenvalue weighted by atomic mass is 79.9. The number of nitrogens with one attached hydrogen (secondary N) is 2. The molecular weight excluding hydrogens is 325 g/mol. The Morgan fingerprint density at radius 2 is 2.10 bits per heavy atom. The number of H-pyrrole nitrogens is 1. The summed E-state index contributed by atoms with van der Waals surface area (Å²) in [4.78, 5) is 6.61. The van der Waals surface area contributed by atoms with Crippen molar-refractivity contribution in [2.75, 3.05) is 31.1 Å². The molecule has 0 saturated carbocycles. The van der Waals surface area contributed by atoms with Crippen LogP contribution in [0.5, 0.6) is 0 Å². The highest BCUT2D eigenvalue weighted by Crippen LogP contribution is 2.23. The fraction of sp³-hybridized carbons (Fsp3) is 0.385. The largest absolute Gasteiger partial charge is 0.338 e. The minimum atomic E-state index is -0.300. The number of halogens is 2. The van der Waals surface area contributed by atoms with Crippen molar-refractivity contribution in [2.24, 2.45) is 0 Å². The Kier molecular flexibility index (Phi) is 3.98. The number of benzene rings is 1. The van der Waals surface area contributed by atoms with Crippen LogP contribution in [0.25, 0.3) is 11.4 Å². The fourth-order valence-corrected chi connectivity index (χ4v) is 2.73. The molecule has 5 nitrogen and oxygen atoms in total. The standard InChI is InChI=1S/C13H15BrFN5/c14-10-6-9(7-11(15)8-10)12-17-13(19-18-12)20-4-1-2-16-3-5-20/h6-8,16H,1-5H2,(H,17,18,19). The Hall–Kier alpha value is -1.47. The summed E-state index contributed by atoms with van der Waals surface area (Å²) in [5.74, 6) is 0.952. The van der Waals surface area contributed by atoms with Crippen LogP contribution in [0.1, 0.15) is 6.42 Å². The summed E-state index contributed by atoms with van der Waals surface area (Å²) in [6, 6.07) is 4.68. The van der Waals surface area contributed by atoms with Crippen molar-refractivity contribution in [3.05, 3.63) is 28.5 Å². The van der Waals surface area contributed by atoms with Crippen LogP contribution in [0.2, 0.25) is 0 Å². The fourth-order valence-electron chi connectivity index (χ4n) is 2.26. The SMILES string of the molecule is Fc1cc(Br)cc(-c2nc(N3CCCNCC3)n[nH]2)c1. The first-order valence-electron chi connectivity index (χ1n) is 6.57. The van der Waals surface area contributed by atoms with Gasteiger partial charge in [-0.3, -0.25) is 5.10 Å². The molecule has 106 valence electrons. The van der Waals surface area contributed by atoms with Gasteiger partial charge in [-0.2, -0.15) is 4.98 Å². The first-order valence-corrected chi connectivity index (χ1v) is 7.36. The molecule has 1 aromatic heterocycles. The Morgan fingerprint density at radius 3 is 2.95 bits per heavy atom. The Morgan fingerprint density at radius 1 is 1.20 bits per heavy atom. The zero-order valence-electron chi connectivity index (χ0n) is 10.9. The van der Waals surface area contributed by atoms with Gasteiger partial charge in [0, 0.05) is 29.7 Å². The van der Waals surface area contributed by atoms with Crippen LogP contribution < -0.4 is 10.2 Å². The molecule has 1 aromatic carbocycles. The quantitative estimate of drug-likeness (QED) is 0.880. The van der Waals surface area contributed by atoms with Gasteiger partial charge in [0.05, 0.1) is 0 Å². The van der Waals surface area contributed by atoms with E-state index >= 15 is 0 Å². The summed E-state index contributed by atoms with van der Waals surface area (Å²) < 4.78 is 14.1. The van der Waals surface area contributed by atoms with E-state index in [1.807, 2.05) is 6.07 Å². The number of nitrogens with zero attached hydrogens (tertiary/aromatic N) is 3. The van der Waals surface area contributed by atoms with Gasteiger partial charge in [-0.1, -0.05) is 15.9 Å². The molecule has 0 bridgehead atoms. The van der Waals surface area contributed by atoms with Crippen molar-refractivity contribution in [1.29, 1.82) is 0 Å². The molecule has 1 saturated heterocycles. The molecule has 1 aliphatic heterocycles. The van der Waals surface area contributed by atoms with Crippen molar-refractivity contribution in [3.63, 3.8) is 0 Å². The van der Waals surface area contributed by atoms with Gasteiger partial charge in [-0.05, 0) is 31.2 Å². The molecule has 20 heavy (non-hydrogen) atoms. The number of rotatable bonds is 2. The van der Waals surface area contributed by atoms with Crippen LogP contribution in [-0.2, 0) is 0 Å². The summed E-state index contributed by atoms with van der Waals surface area (Å²) in [5, 5.41) is 10.5. The van der Waals surface area contributed by atoms with Gasteiger partial charge < -0.3 is 10.2 Å². The van der Waals surface area contributed by atoms with E-state index in [0.29, 0.717) is 21.8 Å². The number of hydrogen-bond donors (Lipinski definition) is 2. The zero-order valence-corrected chi connectivity index (χ0v) is 12.5. The molecule has 2 heterocycles. The number of aromatic amines is 1. The molecule has 0 aliphatic carbocycles. The molecule has 1 aliphatic rings. The van der Waals surface area contributed by atoms with Crippen molar-refractivity contribution in [1.82, 2.24) is 20.5 Å². The topological polar surface area (TPSA) is 56.8 Å². The van der Waals surface area contributed by atoms with E-state index < -0.39 is 0 Å². The molecule has 7 heteroatoms. The van der Waals surface area contributed by atoms with E-state index in [4.69, 9.17) is 0 Å². The van der Waals surface area contributed by atoms with Crippen LogP contribution in [-0.4, -0.2) is 41.4 Å². The van der Waals surface area contributed by atoms with E-state index in [0.717, 1.165) is 32.6 Å². The van der Waals surface area contributed by atoms with E-state index in [-0.39, 0.29) is 5.82 Å². The third-order valence-electron chi connectivity index (χ3n) is 3.23. The number of hydrogen-bond acceptors (Lipinski definition) is 4. The van der Waals surface area contributed by atoms with Gasteiger partial charge in [0.25, 0.3) is 0 Å². The predicted molar refractivity (Wildman–Crippen MR) is 79.2 cm³/mol. The van der Waals surface area contributed by atoms with Crippen LogP contribution >= 0.6 is 15.9 Å². The van der Waals surface area contributed by atoms with E-state index in [9.17, 15) is 4.39 Å². The molecule has 0 atom stereocenters. The summed E-state index contributed by atoms with van der Waals surface area (Å²) >= 11 is 3.28. The molecule has 3 rings (SSSR count). The molecule has 1 fully saturated rings. The lowest BCUT2D eigenvalue weighted by molar-refractivity contribution is 0.627. The lowest BCUT2D eigenvalue weighted by atomic mass is 10.2. The zero-order chi connectivity index (χ0) is 13.9. The van der Waals surface area contributed by atoms with Gasteiger partial charge in [-0.15, -0.1) is 5.10 Å². The van der Waals surface area contributed by atoms with Gasteiger partial charge in [0.2, 0.25) is 5.95 Å². The highest BCUT2D eigenvalue weighted by molar-refractivity contribution is 9.10. The Bertz CT molecular complexity index is 572. The lowest BCUT2D eigenvalue weighted by Crippen LogP contribution is -2.28. The van der Waals surface area contributed by atoms with Gasteiger partial charge in [-0.25, -0.2) is 4.39 Å². The minimum Gasteiger partial charge on any atom is -0.338 e. The molecular formula is C13H15BrFN5. The van der Waals surface area contributed by atoms with Crippen molar-refractivity contribution >= 4 is 21.9 Å². The Labute approximate surface area is 124 Å². The second-order valence-corrected chi connectivity index (χ2v) is 5.65. The van der Waals surface area contributed by atoms with Crippen LogP contribution in [0.15, 0.2) is 22.7 Å². The van der Waals surface area contributed by atoms with E-state index in [1.54, 1.807) is 0 Å². The molecule has 0 unspecified atom stereocenters. The third-order valence-corrected chi connectivity index (χ3v) is 3.69. The maximum atomic E-state index is 13.4. The summed E-state index contributed by atoms with van der Waals surface area (Å²) in [5.41, 5.74) is 0.684. The first kappa shape index (κ1) is 13.5. The predicted octanol–water partition coefficient (Wildman–Crippen LogP) is 2.17. The van der Waals surface area contributed by atoms with Crippen LogP contribution in [0, 0.1) is 5.82 Å². The second kappa shape index (κ2) is 5.88. The highest BCUT2D eigenvalue weighted by Gasteiger charge is 2.15. The minimum absolute atomic E-state index is 0.300. The molecule has 0 radical (unpaired) electrons. The molecule has 0 spiro atoms. The average Bonchev–Trinajstić information content (AvgIpc) is 2.74. The maximum Gasteiger partial charge on any atom is 0.245 e. The molecule has 2 N–H and O–H groups in total. The summed E-state index contributed by atoms with van der Waals surface area (Å²) in [6.07, 6.45) is 1.06. The molecule has 2 aromatic rings. The Balaban J connectivity index is 1.85. The average molecular weight is 340 g/mol. The summed E-state index contributed by atoms with van der Waals surface area (Å²) in [6.45, 7) is 3.75. The van der Waals surface area contributed by atoms with Crippen LogP contribution in [0.4, 0.5) is 10.3 Å². The van der Waals surface area contributed by atoms with Crippen LogP contribution in [0.3, 0.4) is 0 Å². The molecule has 0 amide bonds. The second-order valence-electron chi connectivity index (χ2n) is 4.73. The maximum absolute atomic E-state index is 13.4. The smallest absolute Gasteiger partial charge is 0.245 e. The third kappa shape index (κ3) is 2.99. The normalized spacial score (nSPS) is 16.2. The van der Waals surface area contributed by atoms with E-state index in [1.165, 1.54) is 12.1 Å². The van der Waals surface area contributed by atoms with Crippen molar-refractivity contribution < 1.29 is 4.39 Å². The van der Waals surface area contributed by atoms with E-state index in [2.05, 4.69) is 41.3 Å². The number of anilines is 1. The lowest BCUT2D eigenvalue weighted by Gasteiger charge is -2.16. The van der Waals surface area contributed by atoms with Gasteiger partial charge >= 0.3 is 0 Å². The van der Waals surface area contributed by atoms with Crippen molar-refractivity contribution in [2.45, 2.75) is 6.42 Å². The van der Waals surface area contributed by atoms with Gasteiger partial charge in [0.15, 0.2) is 5.82 Å². The van der Waals surface area contributed by atoms with Crippen molar-refractivity contribution in [3.8, 4) is 11.4 Å².